The van der Waals surface area contributed by atoms with Crippen LogP contribution < -0.4 is 5.32 Å². The molecule has 106 valence electrons. The van der Waals surface area contributed by atoms with Crippen molar-refractivity contribution >= 4 is 39.8 Å². The Balaban J connectivity index is 2.28. The van der Waals surface area contributed by atoms with Crippen LogP contribution in [0, 0.1) is 13.8 Å². The predicted octanol–water partition coefficient (Wildman–Crippen LogP) is 3.54. The van der Waals surface area contributed by atoms with Crippen LogP contribution in [0.1, 0.15) is 22.3 Å². The lowest BCUT2D eigenvalue weighted by Gasteiger charge is -2.12. The molecule has 2 N–H and O–H groups in total. The first kappa shape index (κ1) is 14.1. The van der Waals surface area contributed by atoms with Crippen molar-refractivity contribution in [1.82, 2.24) is 10.3 Å². The van der Waals surface area contributed by atoms with Gasteiger partial charge in [0.15, 0.2) is 0 Å². The molecule has 2 heterocycles. The molecule has 0 spiro atoms. The Hall–Kier alpha value is -1.85. The van der Waals surface area contributed by atoms with Crippen LogP contribution in [0.2, 0.25) is 0 Å². The maximum Gasteiger partial charge on any atom is 0.264 e. The third-order valence-electron chi connectivity index (χ3n) is 3.39. The van der Waals surface area contributed by atoms with E-state index in [4.69, 9.17) is 12.2 Å². The summed E-state index contributed by atoms with van der Waals surface area (Å²) in [5.74, 6) is -0.123. The molecule has 3 rings (SSSR count). The van der Waals surface area contributed by atoms with E-state index in [1.165, 1.54) is 11.8 Å². The Labute approximate surface area is 132 Å². The molecular weight excluding hydrogens is 300 g/mol. The highest BCUT2D eigenvalue weighted by Crippen LogP contribution is 2.37. The molecule has 0 aliphatic carbocycles. The zero-order valence-corrected chi connectivity index (χ0v) is 13.3. The Morgan fingerprint density at radius 1 is 1.24 bits per heavy atom. The van der Waals surface area contributed by atoms with Crippen LogP contribution in [0.5, 0.6) is 0 Å². The molecule has 0 saturated carbocycles. The van der Waals surface area contributed by atoms with E-state index in [0.29, 0.717) is 9.23 Å². The summed E-state index contributed by atoms with van der Waals surface area (Å²) in [6, 6.07) is 8.23. The molecule has 0 atom stereocenters. The van der Waals surface area contributed by atoms with E-state index in [9.17, 15) is 4.79 Å². The highest BCUT2D eigenvalue weighted by Gasteiger charge is 2.28. The summed E-state index contributed by atoms with van der Waals surface area (Å²) in [7, 11) is 0. The number of thiocarbonyl (C=S) groups is 1. The molecule has 21 heavy (non-hydrogen) atoms. The van der Waals surface area contributed by atoms with Gasteiger partial charge in [0.2, 0.25) is 0 Å². The van der Waals surface area contributed by atoms with E-state index < -0.39 is 0 Å². The molecule has 1 aliphatic heterocycles. The molecule has 1 amide bonds. The lowest BCUT2D eigenvalue weighted by Crippen LogP contribution is -2.18. The van der Waals surface area contributed by atoms with Crippen molar-refractivity contribution in [3.05, 3.63) is 63.8 Å². The maximum atomic E-state index is 12.2. The average Bonchev–Trinajstić information content (AvgIpc) is 3.05. The van der Waals surface area contributed by atoms with Gasteiger partial charge >= 0.3 is 0 Å². The molecule has 0 bridgehead atoms. The summed E-state index contributed by atoms with van der Waals surface area (Å²) in [5.41, 5.74) is 5.29. The number of aryl methyl sites for hydroxylation is 2. The number of aromatic amines is 1. The summed E-state index contributed by atoms with van der Waals surface area (Å²) in [6.07, 6.45) is 3.76. The normalized spacial score (nSPS) is 17.0. The van der Waals surface area contributed by atoms with Crippen molar-refractivity contribution in [3.8, 4) is 0 Å². The number of nitrogens with one attached hydrogen (secondary N) is 2. The topological polar surface area (TPSA) is 44.9 Å². The highest BCUT2D eigenvalue weighted by atomic mass is 32.2. The number of H-pyrrole nitrogens is 1. The van der Waals surface area contributed by atoms with Gasteiger partial charge < -0.3 is 10.3 Å². The predicted molar refractivity (Wildman–Crippen MR) is 91.1 cm³/mol. The smallest absolute Gasteiger partial charge is 0.264 e. The van der Waals surface area contributed by atoms with Crippen molar-refractivity contribution in [2.24, 2.45) is 0 Å². The van der Waals surface area contributed by atoms with Crippen molar-refractivity contribution < 1.29 is 4.79 Å². The number of carbonyl (C=O) groups is 1. The van der Waals surface area contributed by atoms with Crippen LogP contribution >= 0.6 is 24.0 Å². The van der Waals surface area contributed by atoms with Gasteiger partial charge in [-0.2, -0.15) is 0 Å². The van der Waals surface area contributed by atoms with Crippen LogP contribution in [0.4, 0.5) is 0 Å². The minimum absolute atomic E-state index is 0.123. The van der Waals surface area contributed by atoms with Crippen molar-refractivity contribution in [1.29, 1.82) is 0 Å². The van der Waals surface area contributed by atoms with Gasteiger partial charge in [-0.25, -0.2) is 0 Å². The average molecular weight is 314 g/mol. The lowest BCUT2D eigenvalue weighted by atomic mass is 9.94. The summed E-state index contributed by atoms with van der Waals surface area (Å²) < 4.78 is 0.508. The molecule has 2 aromatic rings. The number of aromatic nitrogens is 1. The van der Waals surface area contributed by atoms with E-state index in [1.54, 1.807) is 0 Å². The number of hydrogen-bond donors (Lipinski definition) is 2. The summed E-state index contributed by atoms with van der Waals surface area (Å²) in [5, 5.41) is 2.70. The molecule has 1 aromatic heterocycles. The number of thioether (sulfide) groups is 1. The van der Waals surface area contributed by atoms with E-state index in [0.717, 1.165) is 27.8 Å². The molecule has 0 radical (unpaired) electrons. The molecule has 1 aromatic carbocycles. The summed E-state index contributed by atoms with van der Waals surface area (Å²) in [4.78, 5) is 15.9. The molecule has 1 aliphatic rings. The number of rotatable bonds is 2. The van der Waals surface area contributed by atoms with Crippen LogP contribution in [-0.4, -0.2) is 15.2 Å². The second kappa shape index (κ2) is 5.50. The third kappa shape index (κ3) is 2.66. The van der Waals surface area contributed by atoms with Crippen LogP contribution in [0.25, 0.3) is 5.57 Å². The van der Waals surface area contributed by atoms with E-state index in [2.05, 4.69) is 42.3 Å². The number of hydrogen-bond acceptors (Lipinski definition) is 3. The van der Waals surface area contributed by atoms with Crippen LogP contribution in [0.15, 0.2) is 41.6 Å². The SMILES string of the molecule is Cc1ccc(C)c(C(=C2SC(=S)NC2=O)c2cc[nH]c2)c1. The number of benzene rings is 1. The second-order valence-electron chi connectivity index (χ2n) is 4.97. The standard InChI is InChI=1S/C16H14N2OS2/c1-9-3-4-10(2)12(7-9)13(11-5-6-17-8-11)14-15(19)18-16(20)21-14/h3-8,17H,1-2H3,(H,18,19,20). The number of amides is 1. The Bertz CT molecular complexity index is 761. The number of carbonyl (C=O) groups excluding carboxylic acids is 1. The van der Waals surface area contributed by atoms with Gasteiger partial charge in [-0.05, 0) is 31.0 Å². The molecular formula is C16H14N2OS2. The maximum absolute atomic E-state index is 12.2. The Kier molecular flexibility index (Phi) is 3.69. The van der Waals surface area contributed by atoms with Crippen molar-refractivity contribution in [2.75, 3.05) is 0 Å². The summed E-state index contributed by atoms with van der Waals surface area (Å²) in [6.45, 7) is 4.10. The second-order valence-corrected chi connectivity index (χ2v) is 6.65. The van der Waals surface area contributed by atoms with Crippen LogP contribution in [-0.2, 0) is 4.79 Å². The van der Waals surface area contributed by atoms with Crippen molar-refractivity contribution in [2.45, 2.75) is 13.8 Å². The van der Waals surface area contributed by atoms with Crippen molar-refractivity contribution in [3.63, 3.8) is 0 Å². The lowest BCUT2D eigenvalue weighted by molar-refractivity contribution is -0.115. The first-order valence-electron chi connectivity index (χ1n) is 6.54. The van der Waals surface area contributed by atoms with Gasteiger partial charge in [0.1, 0.15) is 4.32 Å². The summed E-state index contributed by atoms with van der Waals surface area (Å²) >= 11 is 6.45. The Morgan fingerprint density at radius 3 is 2.67 bits per heavy atom. The fourth-order valence-electron chi connectivity index (χ4n) is 2.37. The van der Waals surface area contributed by atoms with Gasteiger partial charge in [-0.3, -0.25) is 4.79 Å². The molecule has 1 saturated heterocycles. The van der Waals surface area contributed by atoms with Crippen LogP contribution in [0.3, 0.4) is 0 Å². The first-order valence-corrected chi connectivity index (χ1v) is 7.77. The van der Waals surface area contributed by atoms with Gasteiger partial charge in [0, 0.05) is 23.5 Å². The molecule has 3 nitrogen and oxygen atoms in total. The van der Waals surface area contributed by atoms with E-state index in [-0.39, 0.29) is 5.91 Å². The zero-order chi connectivity index (χ0) is 15.0. The Morgan fingerprint density at radius 2 is 2.05 bits per heavy atom. The highest BCUT2D eigenvalue weighted by molar-refractivity contribution is 8.26. The minimum Gasteiger partial charge on any atom is -0.367 e. The quantitative estimate of drug-likeness (QED) is 0.658. The molecule has 0 unspecified atom stereocenters. The van der Waals surface area contributed by atoms with Gasteiger partial charge in [-0.15, -0.1) is 0 Å². The first-order chi connectivity index (χ1) is 10.1. The fraction of sp³-hybridized carbons (Fsp3) is 0.125. The largest absolute Gasteiger partial charge is 0.367 e. The third-order valence-corrected chi connectivity index (χ3v) is 4.63. The molecule has 1 fully saturated rings. The minimum atomic E-state index is -0.123. The molecule has 5 heteroatoms. The van der Waals surface area contributed by atoms with E-state index >= 15 is 0 Å². The van der Waals surface area contributed by atoms with Gasteiger partial charge in [-0.1, -0.05) is 47.7 Å². The van der Waals surface area contributed by atoms with E-state index in [1.807, 2.05) is 18.5 Å². The fourth-order valence-corrected chi connectivity index (χ4v) is 3.52. The van der Waals surface area contributed by atoms with Gasteiger partial charge in [0.05, 0.1) is 4.91 Å². The zero-order valence-electron chi connectivity index (χ0n) is 11.7. The monoisotopic (exact) mass is 314 g/mol. The van der Waals surface area contributed by atoms with Gasteiger partial charge in [0.25, 0.3) is 5.91 Å².